The number of hydrogen-bond donors (Lipinski definition) is 1. The van der Waals surface area contributed by atoms with Crippen LogP contribution < -0.4 is 0 Å². The minimum absolute atomic E-state index is 0.179. The highest BCUT2D eigenvalue weighted by molar-refractivity contribution is 5.62. The van der Waals surface area contributed by atoms with Crippen molar-refractivity contribution < 1.29 is 19.4 Å². The Morgan fingerprint density at radius 2 is 2.00 bits per heavy atom. The van der Waals surface area contributed by atoms with Gasteiger partial charge in [0, 0.05) is 13.5 Å². The quantitative estimate of drug-likeness (QED) is 0.235. The van der Waals surface area contributed by atoms with E-state index in [-0.39, 0.29) is 19.0 Å². The van der Waals surface area contributed by atoms with Crippen molar-refractivity contribution in [3.05, 3.63) is 48.6 Å². The Balaban J connectivity index is 2.48. The third kappa shape index (κ3) is 6.47. The van der Waals surface area contributed by atoms with Gasteiger partial charge in [0.2, 0.25) is 0 Å². The Morgan fingerprint density at radius 1 is 1.25 bits per heavy atom. The number of nitrogens with zero attached hydrogens (tertiary/aromatic N) is 1. The van der Waals surface area contributed by atoms with Gasteiger partial charge >= 0.3 is 0 Å². The van der Waals surface area contributed by atoms with Gasteiger partial charge in [-0.1, -0.05) is 41.6 Å². The van der Waals surface area contributed by atoms with Gasteiger partial charge in [0.15, 0.2) is 0 Å². The van der Waals surface area contributed by atoms with Crippen molar-refractivity contribution in [2.45, 2.75) is 25.2 Å². The summed E-state index contributed by atoms with van der Waals surface area (Å²) in [4.78, 5) is 0. The molecule has 1 N–H and O–H groups in total. The number of oxime groups is 1. The lowest BCUT2D eigenvalue weighted by Gasteiger charge is -2.18. The highest BCUT2D eigenvalue weighted by atomic mass is 16.7. The van der Waals surface area contributed by atoms with Crippen LogP contribution in [0.5, 0.6) is 0 Å². The van der Waals surface area contributed by atoms with Gasteiger partial charge < -0.3 is 19.4 Å². The van der Waals surface area contributed by atoms with Crippen LogP contribution in [0.4, 0.5) is 0 Å². The Morgan fingerprint density at radius 3 is 2.60 bits per heavy atom. The molecule has 0 heterocycles. The fraction of sp³-hybridized carbons (Fsp3) is 0.400. The fourth-order valence-corrected chi connectivity index (χ4v) is 1.64. The Hall–Kier alpha value is -1.69. The maximum atomic E-state index is 8.69. The summed E-state index contributed by atoms with van der Waals surface area (Å²) in [5, 5.41) is 11.7. The summed E-state index contributed by atoms with van der Waals surface area (Å²) in [6.07, 6.45) is 2.93. The molecular formula is C15H21NO4. The van der Waals surface area contributed by atoms with Gasteiger partial charge in [-0.25, -0.2) is 0 Å². The second-order valence-electron chi connectivity index (χ2n) is 4.18. The molecule has 0 radical (unpaired) electrons. The zero-order valence-electron chi connectivity index (χ0n) is 11.6. The number of hydrogen-bond acceptors (Lipinski definition) is 5. The first kappa shape index (κ1) is 16.4. The minimum Gasteiger partial charge on any atom is -0.411 e. The first-order valence-electron chi connectivity index (χ1n) is 6.36. The summed E-state index contributed by atoms with van der Waals surface area (Å²) in [6, 6.07) is 9.78. The Bertz CT molecular complexity index is 394. The molecule has 0 bridgehead atoms. The predicted molar refractivity (Wildman–Crippen MR) is 76.9 cm³/mol. The normalized spacial score (nSPS) is 14.2. The van der Waals surface area contributed by atoms with Crippen molar-refractivity contribution in [2.24, 2.45) is 5.16 Å². The van der Waals surface area contributed by atoms with Crippen molar-refractivity contribution >= 4 is 6.21 Å². The third-order valence-corrected chi connectivity index (χ3v) is 2.67. The number of benzene rings is 1. The predicted octanol–water partition coefficient (Wildman–Crippen LogP) is 2.60. The first-order valence-corrected chi connectivity index (χ1v) is 6.36. The van der Waals surface area contributed by atoms with Gasteiger partial charge in [-0.15, -0.1) is 6.58 Å². The molecule has 0 unspecified atom stereocenters. The van der Waals surface area contributed by atoms with E-state index in [0.29, 0.717) is 13.0 Å². The van der Waals surface area contributed by atoms with E-state index in [1.165, 1.54) is 6.21 Å². The van der Waals surface area contributed by atoms with Crippen LogP contribution in [0.3, 0.4) is 0 Å². The van der Waals surface area contributed by atoms with Crippen LogP contribution in [0.25, 0.3) is 0 Å². The zero-order chi connectivity index (χ0) is 14.6. The largest absolute Gasteiger partial charge is 0.411 e. The van der Waals surface area contributed by atoms with Gasteiger partial charge in [-0.3, -0.25) is 0 Å². The van der Waals surface area contributed by atoms with Crippen LogP contribution in [-0.4, -0.2) is 37.5 Å². The van der Waals surface area contributed by atoms with Gasteiger partial charge in [0.1, 0.15) is 6.79 Å². The van der Waals surface area contributed by atoms with E-state index in [4.69, 9.17) is 19.4 Å². The average Bonchev–Trinajstić information content (AvgIpc) is 2.50. The van der Waals surface area contributed by atoms with Gasteiger partial charge in [-0.2, -0.15) is 0 Å². The molecular weight excluding hydrogens is 258 g/mol. The molecule has 1 rings (SSSR count). The van der Waals surface area contributed by atoms with Crippen molar-refractivity contribution in [3.8, 4) is 0 Å². The van der Waals surface area contributed by atoms with Crippen LogP contribution in [0.2, 0.25) is 0 Å². The molecule has 0 fully saturated rings. The van der Waals surface area contributed by atoms with Crippen LogP contribution in [-0.2, 0) is 20.8 Å². The van der Waals surface area contributed by atoms with E-state index in [1.54, 1.807) is 13.2 Å². The van der Waals surface area contributed by atoms with E-state index in [0.717, 1.165) is 5.56 Å². The molecule has 0 saturated heterocycles. The highest BCUT2D eigenvalue weighted by Gasteiger charge is 2.14. The van der Waals surface area contributed by atoms with E-state index >= 15 is 0 Å². The van der Waals surface area contributed by atoms with E-state index in [2.05, 4.69) is 11.7 Å². The van der Waals surface area contributed by atoms with E-state index < -0.39 is 0 Å². The third-order valence-electron chi connectivity index (χ3n) is 2.67. The maximum absolute atomic E-state index is 8.69. The molecule has 20 heavy (non-hydrogen) atoms. The summed E-state index contributed by atoms with van der Waals surface area (Å²) in [6.45, 7) is 4.32. The standard InChI is InChI=1S/C15H21NO4/c1-3-14(20-12-18-2)9-15(10-16-17)19-11-13-7-5-4-6-8-13/h3-8,10,14-15,17H,1,9,11-12H2,2H3/b16-10+/t14-,15-/m1/s1. The molecule has 0 spiro atoms. The molecule has 5 heteroatoms. The molecule has 0 aliphatic rings. The summed E-state index contributed by atoms with van der Waals surface area (Å²) in [7, 11) is 1.55. The van der Waals surface area contributed by atoms with Crippen molar-refractivity contribution in [2.75, 3.05) is 13.9 Å². The molecule has 1 aromatic carbocycles. The second-order valence-corrected chi connectivity index (χ2v) is 4.18. The lowest BCUT2D eigenvalue weighted by molar-refractivity contribution is -0.0684. The Labute approximate surface area is 119 Å². The van der Waals surface area contributed by atoms with E-state index in [9.17, 15) is 0 Å². The lowest BCUT2D eigenvalue weighted by Crippen LogP contribution is -2.23. The van der Waals surface area contributed by atoms with Crippen LogP contribution >= 0.6 is 0 Å². The monoisotopic (exact) mass is 279 g/mol. The molecule has 110 valence electrons. The van der Waals surface area contributed by atoms with E-state index in [1.807, 2.05) is 30.3 Å². The summed E-state index contributed by atoms with van der Waals surface area (Å²) in [5.41, 5.74) is 1.05. The molecule has 1 aromatic rings. The first-order chi connectivity index (χ1) is 9.80. The van der Waals surface area contributed by atoms with Crippen molar-refractivity contribution in [1.29, 1.82) is 0 Å². The molecule has 0 aliphatic heterocycles. The number of ether oxygens (including phenoxy) is 3. The number of rotatable bonds is 10. The topological polar surface area (TPSA) is 60.3 Å². The van der Waals surface area contributed by atoms with Crippen LogP contribution in [0, 0.1) is 0 Å². The molecule has 0 amide bonds. The SMILES string of the molecule is C=C[C@H](C[C@H](/C=N/O)OCc1ccccc1)OCOC. The zero-order valence-corrected chi connectivity index (χ0v) is 11.6. The highest BCUT2D eigenvalue weighted by Crippen LogP contribution is 2.10. The van der Waals surface area contributed by atoms with Gasteiger partial charge in [0.05, 0.1) is 25.0 Å². The smallest absolute Gasteiger partial charge is 0.147 e. The number of methoxy groups -OCH3 is 1. The summed E-state index contributed by atoms with van der Waals surface area (Å²) >= 11 is 0. The summed E-state index contributed by atoms with van der Waals surface area (Å²) < 4.78 is 16.0. The maximum Gasteiger partial charge on any atom is 0.147 e. The van der Waals surface area contributed by atoms with Crippen molar-refractivity contribution in [3.63, 3.8) is 0 Å². The molecule has 0 saturated carbocycles. The van der Waals surface area contributed by atoms with Crippen LogP contribution in [0.1, 0.15) is 12.0 Å². The Kier molecular flexibility index (Phi) is 8.30. The minimum atomic E-state index is -0.361. The fourth-order valence-electron chi connectivity index (χ4n) is 1.64. The molecule has 0 aliphatic carbocycles. The van der Waals surface area contributed by atoms with Crippen molar-refractivity contribution in [1.82, 2.24) is 0 Å². The molecule has 5 nitrogen and oxygen atoms in total. The molecule has 2 atom stereocenters. The second kappa shape index (κ2) is 10.1. The molecule has 0 aromatic heterocycles. The average molecular weight is 279 g/mol. The summed E-state index contributed by atoms with van der Waals surface area (Å²) in [5.74, 6) is 0. The van der Waals surface area contributed by atoms with Gasteiger partial charge in [-0.05, 0) is 5.56 Å². The van der Waals surface area contributed by atoms with Crippen LogP contribution in [0.15, 0.2) is 48.1 Å². The van der Waals surface area contributed by atoms with Gasteiger partial charge in [0.25, 0.3) is 0 Å². The lowest BCUT2D eigenvalue weighted by atomic mass is 10.1.